The lowest BCUT2D eigenvalue weighted by Gasteiger charge is -2.43. The van der Waals surface area contributed by atoms with Gasteiger partial charge in [-0.25, -0.2) is 22.1 Å². The highest BCUT2D eigenvalue weighted by Gasteiger charge is 2.62. The third kappa shape index (κ3) is 6.34. The van der Waals surface area contributed by atoms with E-state index < -0.39 is 49.2 Å². The molecule has 6 rings (SSSR count). The molecule has 13 nitrogen and oxygen atoms in total. The summed E-state index contributed by atoms with van der Waals surface area (Å²) in [6.07, 6.45) is 1.53. The molecule has 52 heavy (non-hydrogen) atoms. The van der Waals surface area contributed by atoms with Gasteiger partial charge in [-0.2, -0.15) is 5.26 Å². The Morgan fingerprint density at radius 3 is 2.31 bits per heavy atom. The first-order valence-corrected chi connectivity index (χ1v) is 18.8. The number of hydrogen-bond donors (Lipinski definition) is 1. The summed E-state index contributed by atoms with van der Waals surface area (Å²) in [7, 11) is -2.23. The van der Waals surface area contributed by atoms with E-state index in [1.807, 2.05) is 0 Å². The molecule has 0 aromatic heterocycles. The fourth-order valence-corrected chi connectivity index (χ4v) is 9.09. The maximum atomic E-state index is 15.5. The molecule has 0 aliphatic carbocycles. The van der Waals surface area contributed by atoms with Crippen molar-refractivity contribution in [2.24, 2.45) is 0 Å². The van der Waals surface area contributed by atoms with Gasteiger partial charge in [0.1, 0.15) is 34.0 Å². The van der Waals surface area contributed by atoms with E-state index in [1.54, 1.807) is 36.2 Å². The molecule has 276 valence electrons. The number of anilines is 1. The van der Waals surface area contributed by atoms with Crippen LogP contribution in [0.1, 0.15) is 43.4 Å². The minimum Gasteiger partial charge on any atom is -0.497 e. The van der Waals surface area contributed by atoms with Crippen molar-refractivity contribution in [2.75, 3.05) is 70.9 Å². The summed E-state index contributed by atoms with van der Waals surface area (Å²) < 4.78 is 61.8. The normalized spacial score (nSPS) is 20.3. The van der Waals surface area contributed by atoms with Crippen molar-refractivity contribution in [1.82, 2.24) is 20.2 Å². The van der Waals surface area contributed by atoms with E-state index in [0.29, 0.717) is 29.2 Å². The van der Waals surface area contributed by atoms with Gasteiger partial charge >= 0.3 is 0 Å². The highest BCUT2D eigenvalue weighted by Crippen LogP contribution is 2.52. The molecule has 0 radical (unpaired) electrons. The van der Waals surface area contributed by atoms with E-state index >= 15 is 14.0 Å². The van der Waals surface area contributed by atoms with Gasteiger partial charge < -0.3 is 19.1 Å². The van der Waals surface area contributed by atoms with Crippen molar-refractivity contribution in [3.05, 3.63) is 77.1 Å². The van der Waals surface area contributed by atoms with Crippen LogP contribution < -0.4 is 23.9 Å². The Hall–Kier alpha value is -4.75. The summed E-state index contributed by atoms with van der Waals surface area (Å²) in [5, 5.41) is 11.6. The molecule has 2 fully saturated rings. The number of nitrogens with zero attached hydrogens (tertiary/aromatic N) is 5. The Bertz CT molecular complexity index is 1990. The maximum Gasteiger partial charge on any atom is 0.274 e. The SMILES string of the molecule is CCOc1ccccc1C1(C(=O)NN2CCC(N3CCN(CC)CC3)CC2)C(=O)N(S(=O)(=O)c2ccc(OC)cc2OC)c2cc(F)c(C#N)cc21. The monoisotopic (exact) mass is 734 g/mol. The number of piperidine rings is 1. The number of benzene rings is 3. The van der Waals surface area contributed by atoms with E-state index in [9.17, 15) is 13.7 Å². The predicted octanol–water partition coefficient (Wildman–Crippen LogP) is 3.27. The van der Waals surface area contributed by atoms with E-state index in [4.69, 9.17) is 14.2 Å². The highest BCUT2D eigenvalue weighted by atomic mass is 32.2. The Morgan fingerprint density at radius 2 is 1.67 bits per heavy atom. The number of para-hydroxylation sites is 1. The molecule has 2 amide bonds. The Labute approximate surface area is 303 Å². The van der Waals surface area contributed by atoms with Gasteiger partial charge in [0, 0.05) is 68.6 Å². The van der Waals surface area contributed by atoms with Gasteiger partial charge in [0.25, 0.3) is 21.8 Å². The fourth-order valence-electron chi connectivity index (χ4n) is 7.49. The molecule has 2 saturated heterocycles. The lowest BCUT2D eigenvalue weighted by molar-refractivity contribution is -0.137. The molecule has 0 spiro atoms. The Morgan fingerprint density at radius 1 is 0.962 bits per heavy atom. The second kappa shape index (κ2) is 15.1. The topological polar surface area (TPSA) is 145 Å². The average molecular weight is 735 g/mol. The van der Waals surface area contributed by atoms with Gasteiger partial charge in [0.2, 0.25) is 0 Å². The van der Waals surface area contributed by atoms with Crippen LogP contribution in [0, 0.1) is 17.1 Å². The second-order valence-corrected chi connectivity index (χ2v) is 14.6. The molecular formula is C37H43FN6O7S. The number of halogens is 1. The molecule has 3 heterocycles. The third-order valence-electron chi connectivity index (χ3n) is 10.2. The number of sulfonamides is 1. The van der Waals surface area contributed by atoms with E-state index in [-0.39, 0.29) is 29.2 Å². The number of hydrogen-bond acceptors (Lipinski definition) is 11. The van der Waals surface area contributed by atoms with Gasteiger partial charge in [-0.05, 0) is 50.6 Å². The van der Waals surface area contributed by atoms with Gasteiger partial charge in [-0.15, -0.1) is 0 Å². The second-order valence-electron chi connectivity index (χ2n) is 12.9. The number of nitriles is 1. The first-order valence-electron chi connectivity index (χ1n) is 17.4. The van der Waals surface area contributed by atoms with Crippen molar-refractivity contribution < 1.29 is 36.6 Å². The van der Waals surface area contributed by atoms with Crippen molar-refractivity contribution in [1.29, 1.82) is 5.26 Å². The summed E-state index contributed by atoms with van der Waals surface area (Å²) in [5.41, 5.74) is -0.503. The van der Waals surface area contributed by atoms with Crippen LogP contribution in [0.2, 0.25) is 0 Å². The molecule has 3 aromatic rings. The fraction of sp³-hybridized carbons (Fsp3) is 0.432. The summed E-state index contributed by atoms with van der Waals surface area (Å²) in [6, 6.07) is 14.3. The summed E-state index contributed by atoms with van der Waals surface area (Å²) >= 11 is 0. The van der Waals surface area contributed by atoms with Crippen LogP contribution in [-0.4, -0.2) is 108 Å². The zero-order chi connectivity index (χ0) is 37.2. The number of likely N-dealkylation sites (N-methyl/N-ethyl adjacent to an activating group) is 1. The number of ether oxygens (including phenoxy) is 3. The zero-order valence-electron chi connectivity index (χ0n) is 29.7. The van der Waals surface area contributed by atoms with Crippen molar-refractivity contribution in [3.63, 3.8) is 0 Å². The molecule has 3 aliphatic heterocycles. The number of piperazine rings is 1. The molecule has 0 saturated carbocycles. The average Bonchev–Trinajstić information content (AvgIpc) is 3.42. The molecule has 1 unspecified atom stereocenters. The van der Waals surface area contributed by atoms with Crippen LogP contribution in [0.5, 0.6) is 17.2 Å². The third-order valence-corrected chi connectivity index (χ3v) is 12.0. The summed E-state index contributed by atoms with van der Waals surface area (Å²) in [4.78, 5) is 34.7. The van der Waals surface area contributed by atoms with Crippen molar-refractivity contribution in [3.8, 4) is 23.3 Å². The van der Waals surface area contributed by atoms with E-state index in [0.717, 1.165) is 57.7 Å². The van der Waals surface area contributed by atoms with Crippen LogP contribution >= 0.6 is 0 Å². The quantitative estimate of drug-likeness (QED) is 0.290. The minimum atomic E-state index is -4.89. The predicted molar refractivity (Wildman–Crippen MR) is 190 cm³/mol. The number of amides is 2. The first kappa shape index (κ1) is 37.0. The zero-order valence-corrected chi connectivity index (χ0v) is 30.5. The van der Waals surface area contributed by atoms with E-state index in [2.05, 4.69) is 22.1 Å². The first-order chi connectivity index (χ1) is 25.0. The molecular weight excluding hydrogens is 692 g/mol. The summed E-state index contributed by atoms with van der Waals surface area (Å²) in [6.45, 7) is 9.97. The number of rotatable bonds is 11. The van der Waals surface area contributed by atoms with Crippen LogP contribution in [0.3, 0.4) is 0 Å². The van der Waals surface area contributed by atoms with Gasteiger partial charge in [0.05, 0.1) is 32.1 Å². The van der Waals surface area contributed by atoms with Crippen molar-refractivity contribution >= 4 is 27.5 Å². The van der Waals surface area contributed by atoms with Gasteiger partial charge in [-0.1, -0.05) is 25.1 Å². The van der Waals surface area contributed by atoms with Crippen LogP contribution in [0.25, 0.3) is 0 Å². The Balaban J connectivity index is 1.46. The number of hydrazine groups is 1. The molecule has 1 N–H and O–H groups in total. The molecule has 0 bridgehead atoms. The molecule has 3 aromatic carbocycles. The van der Waals surface area contributed by atoms with Crippen LogP contribution in [0.4, 0.5) is 10.1 Å². The number of nitrogens with one attached hydrogen (secondary N) is 1. The number of fused-ring (bicyclic) bond motifs is 1. The molecule has 1 atom stereocenters. The van der Waals surface area contributed by atoms with Gasteiger partial charge in [0.15, 0.2) is 5.41 Å². The molecule has 3 aliphatic rings. The van der Waals surface area contributed by atoms with Crippen molar-refractivity contribution in [2.45, 2.75) is 43.0 Å². The Kier molecular flexibility index (Phi) is 10.7. The molecule has 15 heteroatoms. The number of carbonyl (C=O) groups excluding carboxylic acids is 2. The lowest BCUT2D eigenvalue weighted by atomic mass is 9.73. The maximum absolute atomic E-state index is 15.5. The van der Waals surface area contributed by atoms with E-state index in [1.165, 1.54) is 38.5 Å². The lowest BCUT2D eigenvalue weighted by Crippen LogP contribution is -2.60. The van der Waals surface area contributed by atoms with Gasteiger partial charge in [-0.3, -0.25) is 19.9 Å². The smallest absolute Gasteiger partial charge is 0.274 e. The summed E-state index contributed by atoms with van der Waals surface area (Å²) in [5.74, 6) is -2.82. The largest absolute Gasteiger partial charge is 0.497 e. The highest BCUT2D eigenvalue weighted by molar-refractivity contribution is 7.93. The minimum absolute atomic E-state index is 0.0409. The number of carbonyl (C=O) groups is 2. The van der Waals surface area contributed by atoms with Crippen LogP contribution in [-0.2, 0) is 25.0 Å². The number of methoxy groups -OCH3 is 2. The standard InChI is InChI=1S/C37H43FN6O7S/c1-5-41-17-19-42(20-18-41)26-13-15-43(16-14-26)40-35(45)37(28-9-7-8-10-32(28)51-6-2)29-21-25(24-39)30(38)23-31(29)44(36(37)46)52(47,48)34-12-11-27(49-3)22-33(34)50-4/h7-12,21-23,26H,5-6,13-20H2,1-4H3,(H,40,45). The van der Waals surface area contributed by atoms with Crippen LogP contribution in [0.15, 0.2) is 59.5 Å².